The Morgan fingerprint density at radius 1 is 1.31 bits per heavy atom. The van der Waals surface area contributed by atoms with E-state index in [9.17, 15) is 9.59 Å². The molecule has 1 aliphatic heterocycles. The number of nitrogens with zero attached hydrogens (tertiary/aromatic N) is 3. The maximum Gasteiger partial charge on any atom is 0.226 e. The monoisotopic (exact) mass is 362 g/mol. The lowest BCUT2D eigenvalue weighted by Gasteiger charge is -2.26. The molecule has 1 aliphatic carbocycles. The topological polar surface area (TPSA) is 76.5 Å². The Kier molecular flexibility index (Phi) is 6.29. The molecule has 1 saturated carbocycles. The van der Waals surface area contributed by atoms with Gasteiger partial charge in [0.05, 0.1) is 18.6 Å². The van der Waals surface area contributed by atoms with E-state index in [1.54, 1.807) is 11.1 Å². The Morgan fingerprint density at radius 2 is 2.08 bits per heavy atom. The van der Waals surface area contributed by atoms with E-state index in [4.69, 9.17) is 4.74 Å². The van der Waals surface area contributed by atoms with Crippen LogP contribution in [0.15, 0.2) is 12.4 Å². The van der Waals surface area contributed by atoms with Crippen molar-refractivity contribution in [3.8, 4) is 0 Å². The molecular weight excluding hydrogens is 332 g/mol. The molecule has 0 aromatic carbocycles. The normalized spacial score (nSPS) is 23.8. The summed E-state index contributed by atoms with van der Waals surface area (Å²) in [6.45, 7) is 6.34. The van der Waals surface area contributed by atoms with E-state index in [-0.39, 0.29) is 24.3 Å². The molecule has 26 heavy (non-hydrogen) atoms. The number of aryl methyl sites for hydroxylation is 1. The van der Waals surface area contributed by atoms with Crippen molar-refractivity contribution < 1.29 is 14.3 Å². The number of hydrogen-bond donors (Lipinski definition) is 1. The summed E-state index contributed by atoms with van der Waals surface area (Å²) in [5, 5.41) is 2.96. The van der Waals surface area contributed by atoms with Crippen LogP contribution in [0.25, 0.3) is 0 Å². The van der Waals surface area contributed by atoms with Crippen LogP contribution >= 0.6 is 0 Å². The van der Waals surface area contributed by atoms with Gasteiger partial charge in [-0.15, -0.1) is 0 Å². The SMILES string of the molecule is CCN1C(=O)C[C@H](C(=O)NCCOC2CCCC2)[C@H]1c1nccn1CC. The van der Waals surface area contributed by atoms with Crippen molar-refractivity contribution in [1.29, 1.82) is 0 Å². The molecule has 0 radical (unpaired) electrons. The minimum absolute atomic E-state index is 0.0190. The lowest BCUT2D eigenvalue weighted by Crippen LogP contribution is -2.38. The van der Waals surface area contributed by atoms with Crippen molar-refractivity contribution in [2.75, 3.05) is 19.7 Å². The molecule has 2 amide bonds. The molecule has 2 heterocycles. The quantitative estimate of drug-likeness (QED) is 0.717. The van der Waals surface area contributed by atoms with Crippen LogP contribution in [-0.2, 0) is 20.9 Å². The third kappa shape index (κ3) is 3.92. The number of carbonyl (C=O) groups excluding carboxylic acids is 2. The van der Waals surface area contributed by atoms with Crippen LogP contribution in [-0.4, -0.2) is 52.1 Å². The number of hydrogen-bond acceptors (Lipinski definition) is 4. The summed E-state index contributed by atoms with van der Waals surface area (Å²) < 4.78 is 7.82. The number of nitrogens with one attached hydrogen (secondary N) is 1. The molecule has 0 spiro atoms. The summed E-state index contributed by atoms with van der Waals surface area (Å²) in [5.74, 6) is 0.328. The van der Waals surface area contributed by atoms with Gasteiger partial charge in [-0.25, -0.2) is 4.98 Å². The van der Waals surface area contributed by atoms with E-state index in [0.29, 0.717) is 25.8 Å². The molecule has 1 aromatic heterocycles. The molecule has 7 heteroatoms. The minimum Gasteiger partial charge on any atom is -0.376 e. The van der Waals surface area contributed by atoms with Crippen LogP contribution in [0, 0.1) is 5.92 Å². The predicted octanol–water partition coefficient (Wildman–Crippen LogP) is 1.89. The first-order chi connectivity index (χ1) is 12.7. The fraction of sp³-hybridized carbons (Fsp3) is 0.737. The van der Waals surface area contributed by atoms with Crippen molar-refractivity contribution in [1.82, 2.24) is 19.8 Å². The van der Waals surface area contributed by atoms with Crippen molar-refractivity contribution in [3.05, 3.63) is 18.2 Å². The first kappa shape index (κ1) is 18.9. The highest BCUT2D eigenvalue weighted by Crippen LogP contribution is 2.37. The third-order valence-electron chi connectivity index (χ3n) is 5.52. The van der Waals surface area contributed by atoms with Gasteiger partial charge >= 0.3 is 0 Å². The molecule has 1 N–H and O–H groups in total. The molecule has 1 aromatic rings. The van der Waals surface area contributed by atoms with Crippen LogP contribution < -0.4 is 5.32 Å². The lowest BCUT2D eigenvalue weighted by molar-refractivity contribution is -0.129. The van der Waals surface area contributed by atoms with Gasteiger partial charge in [-0.3, -0.25) is 9.59 Å². The molecular formula is C19H30N4O3. The van der Waals surface area contributed by atoms with Crippen molar-refractivity contribution >= 4 is 11.8 Å². The molecule has 1 saturated heterocycles. The van der Waals surface area contributed by atoms with Crippen molar-refractivity contribution in [2.24, 2.45) is 5.92 Å². The first-order valence-corrected chi connectivity index (χ1v) is 9.85. The first-order valence-electron chi connectivity index (χ1n) is 9.85. The summed E-state index contributed by atoms with van der Waals surface area (Å²) in [6.07, 6.45) is 8.94. The van der Waals surface area contributed by atoms with E-state index in [1.165, 1.54) is 12.8 Å². The molecule has 2 atom stereocenters. The van der Waals surface area contributed by atoms with E-state index in [0.717, 1.165) is 25.2 Å². The zero-order chi connectivity index (χ0) is 18.5. The highest BCUT2D eigenvalue weighted by Gasteiger charge is 2.45. The average Bonchev–Trinajstić information content (AvgIpc) is 3.37. The second kappa shape index (κ2) is 8.66. The van der Waals surface area contributed by atoms with Gasteiger partial charge in [-0.2, -0.15) is 0 Å². The number of ether oxygens (including phenoxy) is 1. The Bertz CT molecular complexity index is 624. The minimum atomic E-state index is -0.401. The zero-order valence-electron chi connectivity index (χ0n) is 15.8. The zero-order valence-corrected chi connectivity index (χ0v) is 15.8. The summed E-state index contributed by atoms with van der Waals surface area (Å²) in [7, 11) is 0. The molecule has 3 rings (SSSR count). The van der Waals surface area contributed by atoms with Crippen molar-refractivity contribution in [2.45, 2.75) is 64.6 Å². The maximum atomic E-state index is 12.8. The second-order valence-corrected chi connectivity index (χ2v) is 7.07. The summed E-state index contributed by atoms with van der Waals surface area (Å²) in [6, 6.07) is -0.293. The molecule has 7 nitrogen and oxygen atoms in total. The van der Waals surface area contributed by atoms with E-state index in [1.807, 2.05) is 24.6 Å². The van der Waals surface area contributed by atoms with E-state index < -0.39 is 5.92 Å². The smallest absolute Gasteiger partial charge is 0.226 e. The maximum absolute atomic E-state index is 12.8. The van der Waals surface area contributed by atoms with Gasteiger partial charge in [0.2, 0.25) is 11.8 Å². The fourth-order valence-corrected chi connectivity index (χ4v) is 4.16. The van der Waals surface area contributed by atoms with Crippen LogP contribution in [0.3, 0.4) is 0 Å². The average molecular weight is 362 g/mol. The second-order valence-electron chi connectivity index (χ2n) is 7.07. The summed E-state index contributed by atoms with van der Waals surface area (Å²) in [5.41, 5.74) is 0. The number of imidazole rings is 1. The highest BCUT2D eigenvalue weighted by atomic mass is 16.5. The van der Waals surface area contributed by atoms with Gasteiger partial charge in [0.1, 0.15) is 11.9 Å². The number of aromatic nitrogens is 2. The van der Waals surface area contributed by atoms with Crippen LogP contribution in [0.1, 0.15) is 57.8 Å². The van der Waals surface area contributed by atoms with Gasteiger partial charge in [0.15, 0.2) is 0 Å². The molecule has 2 fully saturated rings. The Labute approximate surface area is 155 Å². The Balaban J connectivity index is 1.62. The molecule has 2 aliphatic rings. The highest BCUT2D eigenvalue weighted by molar-refractivity contribution is 5.90. The fourth-order valence-electron chi connectivity index (χ4n) is 4.16. The van der Waals surface area contributed by atoms with Crippen molar-refractivity contribution in [3.63, 3.8) is 0 Å². The predicted molar refractivity (Wildman–Crippen MR) is 97.4 cm³/mol. The summed E-state index contributed by atoms with van der Waals surface area (Å²) in [4.78, 5) is 31.4. The standard InChI is InChI=1S/C19H30N4O3/c1-3-22-11-9-20-18(22)17-15(13-16(24)23(17)4-2)19(25)21-10-12-26-14-7-5-6-8-14/h9,11,14-15,17H,3-8,10,12-13H2,1-2H3,(H,21,25)/t15-,17-/m0/s1. The number of amides is 2. The number of likely N-dealkylation sites (tertiary alicyclic amines) is 1. The van der Waals surface area contributed by atoms with Crippen LogP contribution in [0.4, 0.5) is 0 Å². The Morgan fingerprint density at radius 3 is 2.77 bits per heavy atom. The van der Waals surface area contributed by atoms with E-state index >= 15 is 0 Å². The van der Waals surface area contributed by atoms with Gasteiger partial charge < -0.3 is 19.5 Å². The van der Waals surface area contributed by atoms with Crippen LogP contribution in [0.2, 0.25) is 0 Å². The number of rotatable bonds is 8. The lowest BCUT2D eigenvalue weighted by atomic mass is 9.98. The van der Waals surface area contributed by atoms with Gasteiger partial charge in [-0.1, -0.05) is 12.8 Å². The van der Waals surface area contributed by atoms with Crippen LogP contribution in [0.5, 0.6) is 0 Å². The van der Waals surface area contributed by atoms with E-state index in [2.05, 4.69) is 10.3 Å². The summed E-state index contributed by atoms with van der Waals surface area (Å²) >= 11 is 0. The third-order valence-corrected chi connectivity index (χ3v) is 5.52. The largest absolute Gasteiger partial charge is 0.376 e. The van der Waals surface area contributed by atoms with Gasteiger partial charge in [0, 0.05) is 38.4 Å². The van der Waals surface area contributed by atoms with Gasteiger partial charge in [0.25, 0.3) is 0 Å². The number of carbonyl (C=O) groups is 2. The molecule has 0 unspecified atom stereocenters. The molecule has 0 bridgehead atoms. The Hall–Kier alpha value is -1.89. The van der Waals surface area contributed by atoms with Gasteiger partial charge in [-0.05, 0) is 26.7 Å². The molecule has 144 valence electrons.